The van der Waals surface area contributed by atoms with Crippen LogP contribution in [0, 0.1) is 21.4 Å². The maximum absolute atomic E-state index is 10.6. The Labute approximate surface area is 126 Å². The van der Waals surface area contributed by atoms with E-state index in [2.05, 4.69) is 6.07 Å². The molecule has 0 atom stereocenters. The summed E-state index contributed by atoms with van der Waals surface area (Å²) in [5.74, 6) is 0.645. The largest absolute Gasteiger partial charge is 0.489 e. The SMILES string of the molecule is N#CCc1ccc(OCc2ccc([N+](=O)[O-])cc2Cl)cc1. The third-order valence-electron chi connectivity index (χ3n) is 2.85. The van der Waals surface area contributed by atoms with Crippen LogP contribution in [0.2, 0.25) is 5.02 Å². The summed E-state index contributed by atoms with van der Waals surface area (Å²) >= 11 is 5.99. The topological polar surface area (TPSA) is 76.2 Å². The first-order valence-corrected chi connectivity index (χ1v) is 6.49. The fourth-order valence-corrected chi connectivity index (χ4v) is 1.95. The minimum atomic E-state index is -0.496. The molecule has 6 heteroatoms. The van der Waals surface area contributed by atoms with Gasteiger partial charge in [-0.05, 0) is 23.8 Å². The summed E-state index contributed by atoms with van der Waals surface area (Å²) in [6.07, 6.45) is 0.356. The van der Waals surface area contributed by atoms with Crippen molar-refractivity contribution in [1.29, 1.82) is 5.26 Å². The highest BCUT2D eigenvalue weighted by Gasteiger charge is 2.09. The normalized spacial score (nSPS) is 9.90. The highest BCUT2D eigenvalue weighted by molar-refractivity contribution is 6.31. The maximum atomic E-state index is 10.6. The lowest BCUT2D eigenvalue weighted by molar-refractivity contribution is -0.384. The zero-order chi connectivity index (χ0) is 15.2. The van der Waals surface area contributed by atoms with Gasteiger partial charge < -0.3 is 4.74 Å². The number of non-ortho nitro benzene ring substituents is 1. The van der Waals surface area contributed by atoms with Gasteiger partial charge in [-0.15, -0.1) is 0 Å². The average Bonchev–Trinajstić information content (AvgIpc) is 2.47. The smallest absolute Gasteiger partial charge is 0.270 e. The lowest BCUT2D eigenvalue weighted by Crippen LogP contribution is -1.97. The summed E-state index contributed by atoms with van der Waals surface area (Å²) in [6, 6.07) is 13.5. The monoisotopic (exact) mass is 302 g/mol. The molecule has 21 heavy (non-hydrogen) atoms. The molecule has 0 saturated carbocycles. The minimum Gasteiger partial charge on any atom is -0.489 e. The van der Waals surface area contributed by atoms with Crippen LogP contribution in [0.25, 0.3) is 0 Å². The molecule has 2 aromatic carbocycles. The van der Waals surface area contributed by atoms with E-state index >= 15 is 0 Å². The minimum absolute atomic E-state index is 0.0513. The predicted octanol–water partition coefficient (Wildman–Crippen LogP) is 3.89. The summed E-state index contributed by atoms with van der Waals surface area (Å²) < 4.78 is 5.57. The molecule has 0 unspecified atom stereocenters. The van der Waals surface area contributed by atoms with Crippen molar-refractivity contribution in [3.8, 4) is 11.8 Å². The molecule has 2 rings (SSSR count). The number of ether oxygens (including phenoxy) is 1. The van der Waals surface area contributed by atoms with Crippen molar-refractivity contribution in [2.75, 3.05) is 0 Å². The lowest BCUT2D eigenvalue weighted by atomic mass is 10.1. The number of halogens is 1. The van der Waals surface area contributed by atoms with E-state index in [1.54, 1.807) is 18.2 Å². The summed E-state index contributed by atoms with van der Waals surface area (Å²) in [5, 5.41) is 19.5. The second-order valence-electron chi connectivity index (χ2n) is 4.30. The Morgan fingerprint density at radius 1 is 1.24 bits per heavy atom. The summed E-state index contributed by atoms with van der Waals surface area (Å²) in [6.45, 7) is 0.217. The molecule has 0 heterocycles. The van der Waals surface area contributed by atoms with Gasteiger partial charge in [0, 0.05) is 17.7 Å². The molecular weight excluding hydrogens is 292 g/mol. The van der Waals surface area contributed by atoms with E-state index in [0.717, 1.165) is 5.56 Å². The Bertz CT molecular complexity index is 693. The van der Waals surface area contributed by atoms with E-state index < -0.39 is 4.92 Å². The Kier molecular flexibility index (Phi) is 4.75. The Hall–Kier alpha value is -2.58. The van der Waals surface area contributed by atoms with Gasteiger partial charge in [0.25, 0.3) is 5.69 Å². The molecule has 0 aliphatic carbocycles. The fraction of sp³-hybridized carbons (Fsp3) is 0.133. The van der Waals surface area contributed by atoms with E-state index in [1.807, 2.05) is 12.1 Å². The van der Waals surface area contributed by atoms with Gasteiger partial charge in [0.05, 0.1) is 22.4 Å². The molecule has 2 aromatic rings. The number of nitro groups is 1. The number of nitrogens with zero attached hydrogens (tertiary/aromatic N) is 2. The highest BCUT2D eigenvalue weighted by atomic mass is 35.5. The molecule has 106 valence electrons. The van der Waals surface area contributed by atoms with Crippen molar-refractivity contribution in [3.63, 3.8) is 0 Å². The zero-order valence-corrected chi connectivity index (χ0v) is 11.7. The van der Waals surface area contributed by atoms with E-state index in [0.29, 0.717) is 22.8 Å². The van der Waals surface area contributed by atoms with E-state index in [-0.39, 0.29) is 12.3 Å². The highest BCUT2D eigenvalue weighted by Crippen LogP contribution is 2.24. The third-order valence-corrected chi connectivity index (χ3v) is 3.20. The van der Waals surface area contributed by atoms with Crippen LogP contribution in [0.1, 0.15) is 11.1 Å². The molecule has 5 nitrogen and oxygen atoms in total. The van der Waals surface area contributed by atoms with Crippen LogP contribution in [0.4, 0.5) is 5.69 Å². The van der Waals surface area contributed by atoms with Crippen molar-refractivity contribution in [1.82, 2.24) is 0 Å². The fourth-order valence-electron chi connectivity index (χ4n) is 1.72. The molecule has 0 fully saturated rings. The van der Waals surface area contributed by atoms with Gasteiger partial charge in [0.15, 0.2) is 0 Å². The number of benzene rings is 2. The summed E-state index contributed by atoms with van der Waals surface area (Å²) in [4.78, 5) is 10.1. The van der Waals surface area contributed by atoms with Crippen LogP contribution >= 0.6 is 11.6 Å². The molecule has 0 radical (unpaired) electrons. The lowest BCUT2D eigenvalue weighted by Gasteiger charge is -2.08. The van der Waals surface area contributed by atoms with Crippen LogP contribution in [-0.2, 0) is 13.0 Å². The van der Waals surface area contributed by atoms with Gasteiger partial charge >= 0.3 is 0 Å². The summed E-state index contributed by atoms with van der Waals surface area (Å²) in [7, 11) is 0. The molecule has 0 saturated heterocycles. The third kappa shape index (κ3) is 3.94. The molecule has 0 bridgehead atoms. The van der Waals surface area contributed by atoms with Gasteiger partial charge in [-0.1, -0.05) is 23.7 Å². The average molecular weight is 303 g/mol. The van der Waals surface area contributed by atoms with Gasteiger partial charge in [0.1, 0.15) is 12.4 Å². The van der Waals surface area contributed by atoms with Crippen LogP contribution in [0.15, 0.2) is 42.5 Å². The van der Waals surface area contributed by atoms with Crippen molar-refractivity contribution in [3.05, 3.63) is 68.7 Å². The first-order valence-electron chi connectivity index (χ1n) is 6.11. The molecule has 0 aliphatic rings. The van der Waals surface area contributed by atoms with Gasteiger partial charge in [-0.25, -0.2) is 0 Å². The van der Waals surface area contributed by atoms with Crippen molar-refractivity contribution in [2.45, 2.75) is 13.0 Å². The Balaban J connectivity index is 2.03. The van der Waals surface area contributed by atoms with Crippen molar-refractivity contribution < 1.29 is 9.66 Å². The van der Waals surface area contributed by atoms with Crippen molar-refractivity contribution >= 4 is 17.3 Å². The molecule has 0 amide bonds. The molecule has 0 N–H and O–H groups in total. The number of nitriles is 1. The number of hydrogen-bond donors (Lipinski definition) is 0. The second kappa shape index (κ2) is 6.73. The quantitative estimate of drug-likeness (QED) is 0.620. The molecule has 0 aromatic heterocycles. The maximum Gasteiger partial charge on any atom is 0.270 e. The summed E-state index contributed by atoms with van der Waals surface area (Å²) in [5.41, 5.74) is 1.53. The Morgan fingerprint density at radius 2 is 1.95 bits per heavy atom. The molecule has 0 aliphatic heterocycles. The number of hydrogen-bond acceptors (Lipinski definition) is 4. The number of nitro benzene ring substituents is 1. The van der Waals surface area contributed by atoms with E-state index in [1.165, 1.54) is 12.1 Å². The van der Waals surface area contributed by atoms with Crippen LogP contribution < -0.4 is 4.74 Å². The first kappa shape index (κ1) is 14.8. The van der Waals surface area contributed by atoms with Gasteiger partial charge in [-0.2, -0.15) is 5.26 Å². The standard InChI is InChI=1S/C15H11ClN2O3/c16-15-9-13(18(19)20)4-3-12(15)10-21-14-5-1-11(2-6-14)7-8-17/h1-6,9H,7,10H2. The first-order chi connectivity index (χ1) is 10.1. The van der Waals surface area contributed by atoms with Gasteiger partial charge in [-0.3, -0.25) is 10.1 Å². The van der Waals surface area contributed by atoms with Crippen LogP contribution in [0.5, 0.6) is 5.75 Å². The Morgan fingerprint density at radius 3 is 2.52 bits per heavy atom. The zero-order valence-electron chi connectivity index (χ0n) is 11.0. The van der Waals surface area contributed by atoms with Crippen LogP contribution in [0.3, 0.4) is 0 Å². The second-order valence-corrected chi connectivity index (χ2v) is 4.71. The van der Waals surface area contributed by atoms with Crippen LogP contribution in [-0.4, -0.2) is 4.92 Å². The van der Waals surface area contributed by atoms with E-state index in [9.17, 15) is 10.1 Å². The molecular formula is C15H11ClN2O3. The number of rotatable bonds is 5. The predicted molar refractivity (Wildman–Crippen MR) is 78.2 cm³/mol. The molecule has 0 spiro atoms. The van der Waals surface area contributed by atoms with Crippen molar-refractivity contribution in [2.24, 2.45) is 0 Å². The van der Waals surface area contributed by atoms with Gasteiger partial charge in [0.2, 0.25) is 0 Å². The van der Waals surface area contributed by atoms with E-state index in [4.69, 9.17) is 21.6 Å².